The number of hydrogen-bond acceptors (Lipinski definition) is 3. The molecule has 0 aromatic carbocycles. The normalized spacial score (nSPS) is 33.0. The molecule has 1 saturated carbocycles. The molecule has 2 fully saturated rings. The molecular weight excluding hydrogens is 290 g/mol. The van der Waals surface area contributed by atoms with Gasteiger partial charge in [-0.1, -0.05) is 12.8 Å². The number of rotatable bonds is 2. The molecule has 0 aromatic rings. The number of likely N-dealkylation sites (tertiary alicyclic amines) is 1. The minimum Gasteiger partial charge on any atom is -0.359 e. The summed E-state index contributed by atoms with van der Waals surface area (Å²) in [5.41, 5.74) is 5.93. The first-order valence-corrected chi connectivity index (χ1v) is 7.75. The van der Waals surface area contributed by atoms with Gasteiger partial charge < -0.3 is 16.0 Å². The lowest BCUT2D eigenvalue weighted by Crippen LogP contribution is -2.55. The van der Waals surface area contributed by atoms with Crippen molar-refractivity contribution in [1.82, 2.24) is 10.2 Å². The molecule has 1 aliphatic heterocycles. The standard InChI is InChI=1S/C15H27N3O2.ClH/c1-15(16)8-4-3-7-12(15)14(20)18-9-5-6-11(10-18)13(19)17-2;/h11-12H,3-10,16H2,1-2H3,(H,17,19);1H. The molecule has 122 valence electrons. The Hall–Kier alpha value is -0.810. The van der Waals surface area contributed by atoms with Crippen molar-refractivity contribution in [2.45, 2.75) is 51.0 Å². The average Bonchev–Trinajstić information content (AvgIpc) is 2.45. The van der Waals surface area contributed by atoms with Gasteiger partial charge in [-0.25, -0.2) is 0 Å². The van der Waals surface area contributed by atoms with E-state index in [1.54, 1.807) is 7.05 Å². The van der Waals surface area contributed by atoms with Crippen molar-refractivity contribution in [3.8, 4) is 0 Å². The van der Waals surface area contributed by atoms with Crippen LogP contribution in [0.5, 0.6) is 0 Å². The van der Waals surface area contributed by atoms with E-state index >= 15 is 0 Å². The van der Waals surface area contributed by atoms with E-state index in [9.17, 15) is 9.59 Å². The van der Waals surface area contributed by atoms with Gasteiger partial charge in [-0.05, 0) is 32.6 Å². The Balaban J connectivity index is 0.00000220. The van der Waals surface area contributed by atoms with E-state index in [0.29, 0.717) is 6.54 Å². The number of carbonyl (C=O) groups excluding carboxylic acids is 2. The van der Waals surface area contributed by atoms with E-state index in [-0.39, 0.29) is 36.1 Å². The highest BCUT2D eigenvalue weighted by molar-refractivity contribution is 5.85. The highest BCUT2D eigenvalue weighted by atomic mass is 35.5. The maximum absolute atomic E-state index is 12.7. The zero-order valence-corrected chi connectivity index (χ0v) is 13.9. The van der Waals surface area contributed by atoms with E-state index in [0.717, 1.165) is 45.1 Å². The number of carbonyl (C=O) groups is 2. The maximum atomic E-state index is 12.7. The van der Waals surface area contributed by atoms with Gasteiger partial charge in [0.15, 0.2) is 0 Å². The molecular formula is C15H28ClN3O2. The van der Waals surface area contributed by atoms with Crippen LogP contribution in [-0.2, 0) is 9.59 Å². The first kappa shape index (κ1) is 18.2. The molecule has 0 bridgehead atoms. The van der Waals surface area contributed by atoms with E-state index in [1.807, 2.05) is 11.8 Å². The Kier molecular flexibility index (Phi) is 6.47. The smallest absolute Gasteiger partial charge is 0.227 e. The topological polar surface area (TPSA) is 75.4 Å². The Labute approximate surface area is 133 Å². The Morgan fingerprint density at radius 2 is 1.95 bits per heavy atom. The zero-order valence-electron chi connectivity index (χ0n) is 13.1. The predicted octanol–water partition coefficient (Wildman–Crippen LogP) is 1.30. The van der Waals surface area contributed by atoms with Gasteiger partial charge >= 0.3 is 0 Å². The molecule has 2 amide bonds. The van der Waals surface area contributed by atoms with Crippen LogP contribution >= 0.6 is 12.4 Å². The summed E-state index contributed by atoms with van der Waals surface area (Å²) in [6, 6.07) is 0. The third-order valence-electron chi connectivity index (χ3n) is 4.90. The number of halogens is 1. The zero-order chi connectivity index (χ0) is 14.8. The van der Waals surface area contributed by atoms with Gasteiger partial charge in [0.25, 0.3) is 0 Å². The van der Waals surface area contributed by atoms with Crippen molar-refractivity contribution >= 4 is 24.2 Å². The summed E-state index contributed by atoms with van der Waals surface area (Å²) in [5, 5.41) is 2.69. The molecule has 0 aromatic heterocycles. The number of nitrogens with two attached hydrogens (primary N) is 1. The van der Waals surface area contributed by atoms with Gasteiger partial charge in [-0.15, -0.1) is 12.4 Å². The number of piperidine rings is 1. The van der Waals surface area contributed by atoms with E-state index in [4.69, 9.17) is 5.73 Å². The lowest BCUT2D eigenvalue weighted by molar-refractivity contribution is -0.142. The van der Waals surface area contributed by atoms with Crippen LogP contribution in [0.3, 0.4) is 0 Å². The number of amides is 2. The van der Waals surface area contributed by atoms with Gasteiger partial charge in [0, 0.05) is 25.7 Å². The lowest BCUT2D eigenvalue weighted by Gasteiger charge is -2.41. The Bertz CT molecular complexity index is 387. The molecule has 1 saturated heterocycles. The quantitative estimate of drug-likeness (QED) is 0.806. The SMILES string of the molecule is CNC(=O)C1CCCN(C(=O)C2CCCCC2(C)N)C1.Cl. The molecule has 5 nitrogen and oxygen atoms in total. The summed E-state index contributed by atoms with van der Waals surface area (Å²) in [6.45, 7) is 3.30. The number of hydrogen-bond donors (Lipinski definition) is 2. The van der Waals surface area contributed by atoms with E-state index < -0.39 is 5.54 Å². The highest BCUT2D eigenvalue weighted by Crippen LogP contribution is 2.33. The van der Waals surface area contributed by atoms with Crippen LogP contribution in [0.2, 0.25) is 0 Å². The second-order valence-electron chi connectivity index (χ2n) is 6.54. The summed E-state index contributed by atoms with van der Waals surface area (Å²) in [5.74, 6) is 0.0509. The molecule has 1 heterocycles. The first-order valence-electron chi connectivity index (χ1n) is 7.75. The average molecular weight is 318 g/mol. The van der Waals surface area contributed by atoms with Crippen LogP contribution in [0.15, 0.2) is 0 Å². The fourth-order valence-electron chi connectivity index (χ4n) is 3.58. The first-order chi connectivity index (χ1) is 9.45. The number of nitrogens with one attached hydrogen (secondary N) is 1. The summed E-state index contributed by atoms with van der Waals surface area (Å²) in [4.78, 5) is 26.4. The van der Waals surface area contributed by atoms with Crippen LogP contribution in [0, 0.1) is 11.8 Å². The van der Waals surface area contributed by atoms with E-state index in [2.05, 4.69) is 5.32 Å². The van der Waals surface area contributed by atoms with Crippen molar-refractivity contribution in [3.05, 3.63) is 0 Å². The number of nitrogens with zero attached hydrogens (tertiary/aromatic N) is 1. The van der Waals surface area contributed by atoms with Crippen molar-refractivity contribution in [3.63, 3.8) is 0 Å². The van der Waals surface area contributed by atoms with Crippen LogP contribution in [0.25, 0.3) is 0 Å². The van der Waals surface area contributed by atoms with Crippen molar-refractivity contribution in [2.75, 3.05) is 20.1 Å². The molecule has 6 heteroatoms. The van der Waals surface area contributed by atoms with Crippen LogP contribution in [-0.4, -0.2) is 42.4 Å². The second kappa shape index (κ2) is 7.45. The monoisotopic (exact) mass is 317 g/mol. The molecule has 2 aliphatic rings. The van der Waals surface area contributed by atoms with Gasteiger partial charge in [0.1, 0.15) is 0 Å². The molecule has 2 rings (SSSR count). The van der Waals surface area contributed by atoms with Crippen molar-refractivity contribution in [2.24, 2.45) is 17.6 Å². The Morgan fingerprint density at radius 1 is 1.24 bits per heavy atom. The lowest BCUT2D eigenvalue weighted by atomic mass is 9.73. The van der Waals surface area contributed by atoms with Gasteiger partial charge in [-0.3, -0.25) is 9.59 Å². The summed E-state index contributed by atoms with van der Waals surface area (Å²) in [6.07, 6.45) is 5.75. The van der Waals surface area contributed by atoms with Crippen molar-refractivity contribution in [1.29, 1.82) is 0 Å². The van der Waals surface area contributed by atoms with Gasteiger partial charge in [-0.2, -0.15) is 0 Å². The molecule has 0 radical (unpaired) electrons. The fourth-order valence-corrected chi connectivity index (χ4v) is 3.58. The highest BCUT2D eigenvalue weighted by Gasteiger charge is 2.41. The van der Waals surface area contributed by atoms with Crippen LogP contribution in [0.4, 0.5) is 0 Å². The summed E-state index contributed by atoms with van der Waals surface area (Å²) < 4.78 is 0. The fraction of sp³-hybridized carbons (Fsp3) is 0.867. The Morgan fingerprint density at radius 3 is 2.57 bits per heavy atom. The molecule has 21 heavy (non-hydrogen) atoms. The minimum atomic E-state index is -0.394. The molecule has 3 atom stereocenters. The molecule has 3 unspecified atom stereocenters. The van der Waals surface area contributed by atoms with Gasteiger partial charge in [0.05, 0.1) is 11.8 Å². The third kappa shape index (κ3) is 4.10. The largest absolute Gasteiger partial charge is 0.359 e. The second-order valence-corrected chi connectivity index (χ2v) is 6.54. The van der Waals surface area contributed by atoms with Crippen molar-refractivity contribution < 1.29 is 9.59 Å². The molecule has 1 aliphatic carbocycles. The van der Waals surface area contributed by atoms with Crippen LogP contribution in [0.1, 0.15) is 45.4 Å². The predicted molar refractivity (Wildman–Crippen MR) is 85.2 cm³/mol. The molecule has 3 N–H and O–H groups in total. The van der Waals surface area contributed by atoms with E-state index in [1.165, 1.54) is 0 Å². The summed E-state index contributed by atoms with van der Waals surface area (Å²) in [7, 11) is 1.65. The van der Waals surface area contributed by atoms with Crippen LogP contribution < -0.4 is 11.1 Å². The van der Waals surface area contributed by atoms with Gasteiger partial charge in [0.2, 0.25) is 11.8 Å². The third-order valence-corrected chi connectivity index (χ3v) is 4.90. The molecule has 0 spiro atoms. The maximum Gasteiger partial charge on any atom is 0.227 e. The minimum absolute atomic E-state index is 0. The summed E-state index contributed by atoms with van der Waals surface area (Å²) >= 11 is 0.